The quantitative estimate of drug-likeness (QED) is 0.602. The van der Waals surface area contributed by atoms with Gasteiger partial charge in [-0.05, 0) is 43.7 Å². The normalized spacial score (nSPS) is 10.6. The van der Waals surface area contributed by atoms with Gasteiger partial charge in [-0.2, -0.15) is 5.10 Å². The molecule has 2 aromatic heterocycles. The number of anilines is 1. The van der Waals surface area contributed by atoms with E-state index in [2.05, 4.69) is 10.4 Å². The molecular weight excluding hydrogens is 402 g/mol. The molecule has 0 unspecified atom stereocenters. The number of rotatable bonds is 6. The van der Waals surface area contributed by atoms with Crippen molar-refractivity contribution in [3.63, 3.8) is 0 Å². The Morgan fingerprint density at radius 1 is 1.25 bits per heavy atom. The largest absolute Gasteiger partial charge is 0.470 e. The molecule has 0 spiro atoms. The number of ether oxygens (including phenoxy) is 2. The van der Waals surface area contributed by atoms with Gasteiger partial charge >= 0.3 is 5.97 Å². The zero-order valence-corrected chi connectivity index (χ0v) is 17.1. The first-order valence-corrected chi connectivity index (χ1v) is 9.49. The maximum absolute atomic E-state index is 12.5. The first kappa shape index (κ1) is 19.9. The van der Waals surface area contributed by atoms with Gasteiger partial charge in [-0.15, -0.1) is 11.3 Å². The summed E-state index contributed by atoms with van der Waals surface area (Å²) in [6.07, 6.45) is 1.62. The van der Waals surface area contributed by atoms with Gasteiger partial charge in [-0.3, -0.25) is 4.79 Å². The Balaban J connectivity index is 1.68. The van der Waals surface area contributed by atoms with E-state index in [1.54, 1.807) is 24.4 Å². The van der Waals surface area contributed by atoms with Crippen LogP contribution in [0.1, 0.15) is 31.3 Å². The number of esters is 1. The number of nitrogens with one attached hydrogen (secondary N) is 1. The number of hydrogen-bond acceptors (Lipinski definition) is 6. The van der Waals surface area contributed by atoms with Crippen LogP contribution in [0.3, 0.4) is 0 Å². The Morgan fingerprint density at radius 2 is 2.04 bits per heavy atom. The summed E-state index contributed by atoms with van der Waals surface area (Å²) in [7, 11) is 1.29. The second-order valence-electron chi connectivity index (χ2n) is 5.99. The molecule has 28 heavy (non-hydrogen) atoms. The van der Waals surface area contributed by atoms with Gasteiger partial charge in [0, 0.05) is 11.1 Å². The van der Waals surface area contributed by atoms with E-state index in [0.717, 1.165) is 10.4 Å². The highest BCUT2D eigenvalue weighted by molar-refractivity contribution is 7.16. The Morgan fingerprint density at radius 3 is 2.79 bits per heavy atom. The maximum Gasteiger partial charge on any atom is 0.340 e. The number of carbonyl (C=O) groups is 2. The van der Waals surface area contributed by atoms with E-state index in [1.807, 2.05) is 26.0 Å². The van der Waals surface area contributed by atoms with Crippen molar-refractivity contribution in [2.45, 2.75) is 20.6 Å². The molecule has 7 nitrogen and oxygen atoms in total. The molecule has 3 aromatic rings. The molecule has 0 bridgehead atoms. The summed E-state index contributed by atoms with van der Waals surface area (Å²) in [5, 5.41) is 7.83. The van der Waals surface area contributed by atoms with Crippen molar-refractivity contribution in [1.29, 1.82) is 0 Å². The van der Waals surface area contributed by atoms with Crippen LogP contribution < -0.4 is 10.1 Å². The summed E-state index contributed by atoms with van der Waals surface area (Å²) in [6, 6.07) is 8.71. The van der Waals surface area contributed by atoms with Crippen LogP contribution in [-0.2, 0) is 11.5 Å². The van der Waals surface area contributed by atoms with Crippen LogP contribution in [-0.4, -0.2) is 28.8 Å². The summed E-state index contributed by atoms with van der Waals surface area (Å²) in [5.74, 6) is -0.395. The summed E-state index contributed by atoms with van der Waals surface area (Å²) in [6.45, 7) is 3.88. The molecule has 0 aliphatic carbocycles. The number of aryl methyl sites for hydroxylation is 2. The van der Waals surface area contributed by atoms with Crippen LogP contribution in [0.4, 0.5) is 5.00 Å². The van der Waals surface area contributed by atoms with Gasteiger partial charge in [0.1, 0.15) is 10.8 Å². The lowest BCUT2D eigenvalue weighted by atomic mass is 10.2. The van der Waals surface area contributed by atoms with E-state index in [9.17, 15) is 9.59 Å². The van der Waals surface area contributed by atoms with E-state index in [4.69, 9.17) is 21.1 Å². The number of aromatic nitrogens is 2. The van der Waals surface area contributed by atoms with Crippen molar-refractivity contribution in [2.75, 3.05) is 12.4 Å². The number of hydrogen-bond donors (Lipinski definition) is 1. The van der Waals surface area contributed by atoms with Gasteiger partial charge in [0.25, 0.3) is 5.91 Å². The first-order chi connectivity index (χ1) is 13.4. The monoisotopic (exact) mass is 419 g/mol. The van der Waals surface area contributed by atoms with Crippen molar-refractivity contribution in [2.24, 2.45) is 0 Å². The lowest BCUT2D eigenvalue weighted by molar-refractivity contribution is 0.0602. The number of carbonyl (C=O) groups excluding carboxylic acids is 2. The number of methoxy groups -OCH3 is 1. The molecule has 9 heteroatoms. The second-order valence-corrected chi connectivity index (χ2v) is 7.66. The fourth-order valence-electron chi connectivity index (χ4n) is 2.45. The fraction of sp³-hybridized carbons (Fsp3) is 0.211. The molecule has 1 aromatic carbocycles. The summed E-state index contributed by atoms with van der Waals surface area (Å²) in [4.78, 5) is 25.2. The average Bonchev–Trinajstić information content (AvgIpc) is 3.28. The number of thiophene rings is 1. The fourth-order valence-corrected chi connectivity index (χ4v) is 3.51. The third-order valence-corrected chi connectivity index (χ3v) is 5.08. The highest BCUT2D eigenvalue weighted by Gasteiger charge is 2.19. The van der Waals surface area contributed by atoms with Gasteiger partial charge in [0.2, 0.25) is 0 Å². The highest BCUT2D eigenvalue weighted by Crippen LogP contribution is 2.28. The Labute approximate surface area is 170 Å². The number of nitrogens with zero attached hydrogens (tertiary/aromatic N) is 2. The summed E-state index contributed by atoms with van der Waals surface area (Å²) < 4.78 is 11.9. The van der Waals surface area contributed by atoms with Crippen molar-refractivity contribution >= 4 is 39.8 Å². The molecule has 2 heterocycles. The minimum Gasteiger partial charge on any atom is -0.470 e. The Hall–Kier alpha value is -2.84. The molecule has 0 saturated heterocycles. The van der Waals surface area contributed by atoms with E-state index in [1.165, 1.54) is 23.1 Å². The highest BCUT2D eigenvalue weighted by atomic mass is 35.5. The predicted molar refractivity (Wildman–Crippen MR) is 107 cm³/mol. The topological polar surface area (TPSA) is 82.5 Å². The average molecular weight is 420 g/mol. The third kappa shape index (κ3) is 4.52. The van der Waals surface area contributed by atoms with E-state index >= 15 is 0 Å². The number of halogens is 1. The van der Waals surface area contributed by atoms with Crippen molar-refractivity contribution < 1.29 is 19.1 Å². The Bertz CT molecular complexity index is 1030. The minimum absolute atomic E-state index is 0.0992. The predicted octanol–water partition coefficient (Wildman–Crippen LogP) is 4.29. The van der Waals surface area contributed by atoms with Gasteiger partial charge in [0.15, 0.2) is 12.4 Å². The molecule has 3 rings (SSSR count). The molecule has 0 radical (unpaired) electrons. The van der Waals surface area contributed by atoms with Crippen molar-refractivity contribution in [3.05, 3.63) is 63.2 Å². The lowest BCUT2D eigenvalue weighted by Gasteiger charge is -2.08. The van der Waals surface area contributed by atoms with Crippen LogP contribution in [0.15, 0.2) is 36.5 Å². The number of amides is 1. The van der Waals surface area contributed by atoms with Crippen LogP contribution in [0.5, 0.6) is 5.75 Å². The third-order valence-electron chi connectivity index (χ3n) is 3.80. The van der Waals surface area contributed by atoms with E-state index in [0.29, 0.717) is 21.3 Å². The van der Waals surface area contributed by atoms with Crippen LogP contribution in [0.25, 0.3) is 0 Å². The first-order valence-electron chi connectivity index (χ1n) is 8.30. The van der Waals surface area contributed by atoms with E-state index < -0.39 is 11.9 Å². The molecule has 0 fully saturated rings. The molecule has 0 atom stereocenters. The van der Waals surface area contributed by atoms with Crippen molar-refractivity contribution in [3.8, 4) is 5.75 Å². The molecule has 0 aliphatic rings. The van der Waals surface area contributed by atoms with Gasteiger partial charge in [-0.25, -0.2) is 9.48 Å². The van der Waals surface area contributed by atoms with Gasteiger partial charge in [-0.1, -0.05) is 17.7 Å². The molecule has 146 valence electrons. The van der Waals surface area contributed by atoms with Crippen LogP contribution >= 0.6 is 22.9 Å². The lowest BCUT2D eigenvalue weighted by Crippen LogP contribution is -2.15. The van der Waals surface area contributed by atoms with Crippen LogP contribution in [0.2, 0.25) is 5.02 Å². The summed E-state index contributed by atoms with van der Waals surface area (Å²) in [5.41, 5.74) is 1.53. The molecule has 1 amide bonds. The minimum atomic E-state index is -0.506. The molecule has 0 saturated carbocycles. The standard InChI is InChI=1S/C19H18ClN3O4S/c1-11-4-5-14(20)16(8-11)27-10-23-7-6-15(22-23)17(24)21-18-13(19(25)26-3)9-12(2)28-18/h4-9H,10H2,1-3H3,(H,21,24). The van der Waals surface area contributed by atoms with Gasteiger partial charge in [0.05, 0.1) is 17.7 Å². The smallest absolute Gasteiger partial charge is 0.340 e. The SMILES string of the molecule is COC(=O)c1cc(C)sc1NC(=O)c1ccn(COc2cc(C)ccc2Cl)n1. The second kappa shape index (κ2) is 8.45. The molecule has 1 N–H and O–H groups in total. The van der Waals surface area contributed by atoms with Gasteiger partial charge < -0.3 is 14.8 Å². The zero-order chi connectivity index (χ0) is 20.3. The summed E-state index contributed by atoms with van der Waals surface area (Å²) >= 11 is 7.40. The zero-order valence-electron chi connectivity index (χ0n) is 15.5. The number of benzene rings is 1. The van der Waals surface area contributed by atoms with Crippen LogP contribution in [0, 0.1) is 13.8 Å². The van der Waals surface area contributed by atoms with Crippen molar-refractivity contribution in [1.82, 2.24) is 9.78 Å². The molecular formula is C19H18ClN3O4S. The molecule has 0 aliphatic heterocycles. The van der Waals surface area contributed by atoms with E-state index in [-0.39, 0.29) is 12.4 Å². The maximum atomic E-state index is 12.5. The Kier molecular flexibility index (Phi) is 6.01.